The lowest BCUT2D eigenvalue weighted by atomic mass is 10.2. The number of nitrogens with zero attached hydrogens (tertiary/aromatic N) is 5. The fourth-order valence-electron chi connectivity index (χ4n) is 3.21. The van der Waals surface area contributed by atoms with Gasteiger partial charge < -0.3 is 0 Å². The van der Waals surface area contributed by atoms with Crippen molar-refractivity contribution in [2.75, 3.05) is 6.54 Å². The van der Waals surface area contributed by atoms with Gasteiger partial charge in [0, 0.05) is 12.7 Å². The lowest BCUT2D eigenvalue weighted by Crippen LogP contribution is -2.31. The largest absolute Gasteiger partial charge is 0.285 e. The molecule has 1 atom stereocenters. The molecule has 126 valence electrons. The predicted molar refractivity (Wildman–Crippen MR) is 90.0 cm³/mol. The van der Waals surface area contributed by atoms with E-state index in [1.165, 1.54) is 28.6 Å². The van der Waals surface area contributed by atoms with Gasteiger partial charge in [-0.15, -0.1) is 10.2 Å². The maximum Gasteiger partial charge on any atom is 0.243 e. The topological polar surface area (TPSA) is 91.4 Å². The Labute approximate surface area is 145 Å². The summed E-state index contributed by atoms with van der Waals surface area (Å²) in [5.41, 5.74) is 1.13. The summed E-state index contributed by atoms with van der Waals surface area (Å²) in [6.45, 7) is 0.439. The molecular weight excluding hydrogens is 338 g/mol. The minimum absolute atomic E-state index is 0.187. The molecule has 0 spiro atoms. The average Bonchev–Trinajstić information content (AvgIpc) is 3.28. The van der Waals surface area contributed by atoms with Crippen molar-refractivity contribution in [3.8, 4) is 6.07 Å². The van der Waals surface area contributed by atoms with Crippen LogP contribution in [-0.2, 0) is 10.0 Å². The number of rotatable bonds is 3. The molecule has 0 N–H and O–H groups in total. The molecule has 1 saturated heterocycles. The Morgan fingerprint density at radius 3 is 2.68 bits per heavy atom. The van der Waals surface area contributed by atoms with Crippen molar-refractivity contribution in [2.24, 2.45) is 0 Å². The summed E-state index contributed by atoms with van der Waals surface area (Å²) >= 11 is 0. The van der Waals surface area contributed by atoms with Crippen LogP contribution in [0.2, 0.25) is 0 Å². The third-order valence-corrected chi connectivity index (χ3v) is 6.35. The van der Waals surface area contributed by atoms with Gasteiger partial charge in [-0.05, 0) is 49.2 Å². The SMILES string of the molecule is N#Cc1ccc(S(=O)(=O)N2CCC[C@@H]2c2nnc3ccccn23)cc1. The third-order valence-electron chi connectivity index (χ3n) is 4.43. The third kappa shape index (κ3) is 2.58. The van der Waals surface area contributed by atoms with Gasteiger partial charge in [-0.2, -0.15) is 9.57 Å². The van der Waals surface area contributed by atoms with Crippen LogP contribution in [0.4, 0.5) is 0 Å². The van der Waals surface area contributed by atoms with Crippen LogP contribution in [0.1, 0.15) is 30.3 Å². The molecule has 1 aliphatic heterocycles. The van der Waals surface area contributed by atoms with Crippen molar-refractivity contribution < 1.29 is 8.42 Å². The molecule has 3 aromatic rings. The van der Waals surface area contributed by atoms with Crippen molar-refractivity contribution in [3.63, 3.8) is 0 Å². The van der Waals surface area contributed by atoms with Crippen molar-refractivity contribution in [2.45, 2.75) is 23.8 Å². The standard InChI is InChI=1S/C17H15N5O2S/c18-12-13-6-8-14(9-7-13)25(23,24)22-11-3-4-15(22)17-20-19-16-5-1-2-10-21(16)17/h1-2,5-10,15H,3-4,11H2/t15-/m1/s1. The minimum Gasteiger partial charge on any atom is -0.285 e. The molecule has 0 radical (unpaired) electrons. The number of sulfonamides is 1. The zero-order valence-corrected chi connectivity index (χ0v) is 14.1. The van der Waals surface area contributed by atoms with Crippen LogP contribution in [-0.4, -0.2) is 33.9 Å². The highest BCUT2D eigenvalue weighted by atomic mass is 32.2. The number of aromatic nitrogens is 3. The van der Waals surface area contributed by atoms with E-state index in [0.717, 1.165) is 6.42 Å². The lowest BCUT2D eigenvalue weighted by Gasteiger charge is -2.23. The smallest absolute Gasteiger partial charge is 0.243 e. The van der Waals surface area contributed by atoms with E-state index < -0.39 is 10.0 Å². The average molecular weight is 353 g/mol. The molecule has 2 aromatic heterocycles. The number of nitriles is 1. The van der Waals surface area contributed by atoms with Gasteiger partial charge in [0.25, 0.3) is 0 Å². The Bertz CT molecular complexity index is 1070. The van der Waals surface area contributed by atoms with Gasteiger partial charge >= 0.3 is 0 Å². The quantitative estimate of drug-likeness (QED) is 0.719. The molecule has 25 heavy (non-hydrogen) atoms. The first-order chi connectivity index (χ1) is 12.1. The number of fused-ring (bicyclic) bond motifs is 1. The second-order valence-corrected chi connectivity index (χ2v) is 7.79. The molecule has 0 unspecified atom stereocenters. The Kier molecular flexibility index (Phi) is 3.75. The van der Waals surface area contributed by atoms with Crippen LogP contribution in [0, 0.1) is 11.3 Å². The van der Waals surface area contributed by atoms with Gasteiger partial charge in [-0.3, -0.25) is 4.40 Å². The van der Waals surface area contributed by atoms with Gasteiger partial charge in [-0.25, -0.2) is 8.42 Å². The highest BCUT2D eigenvalue weighted by molar-refractivity contribution is 7.89. The molecule has 7 nitrogen and oxygen atoms in total. The van der Waals surface area contributed by atoms with Gasteiger partial charge in [0.05, 0.1) is 22.6 Å². The van der Waals surface area contributed by atoms with E-state index in [1.54, 1.807) is 0 Å². The van der Waals surface area contributed by atoms with Crippen molar-refractivity contribution in [1.29, 1.82) is 5.26 Å². The molecule has 1 aliphatic rings. The summed E-state index contributed by atoms with van der Waals surface area (Å²) in [7, 11) is -3.66. The molecule has 0 bridgehead atoms. The maximum absolute atomic E-state index is 13.1. The van der Waals surface area contributed by atoms with Crippen LogP contribution in [0.3, 0.4) is 0 Å². The first-order valence-electron chi connectivity index (χ1n) is 7.93. The normalized spacial score (nSPS) is 18.4. The zero-order valence-electron chi connectivity index (χ0n) is 13.3. The summed E-state index contributed by atoms with van der Waals surface area (Å²) in [4.78, 5) is 0.187. The Morgan fingerprint density at radius 2 is 1.92 bits per heavy atom. The van der Waals surface area contributed by atoms with Crippen LogP contribution in [0.25, 0.3) is 5.65 Å². The monoisotopic (exact) mass is 353 g/mol. The maximum atomic E-state index is 13.1. The summed E-state index contributed by atoms with van der Waals surface area (Å²) in [5.74, 6) is 0.630. The van der Waals surface area contributed by atoms with E-state index in [0.29, 0.717) is 30.0 Å². The minimum atomic E-state index is -3.66. The van der Waals surface area contributed by atoms with Crippen molar-refractivity contribution in [1.82, 2.24) is 18.9 Å². The number of hydrogen-bond donors (Lipinski definition) is 0. The van der Waals surface area contributed by atoms with Crippen molar-refractivity contribution >= 4 is 15.7 Å². The molecule has 0 aliphatic carbocycles. The van der Waals surface area contributed by atoms with Crippen molar-refractivity contribution in [3.05, 3.63) is 60.0 Å². The Hall–Kier alpha value is -2.76. The lowest BCUT2D eigenvalue weighted by molar-refractivity contribution is 0.381. The van der Waals surface area contributed by atoms with Crippen LogP contribution >= 0.6 is 0 Å². The molecule has 1 aromatic carbocycles. The van der Waals surface area contributed by atoms with Crippen LogP contribution in [0.15, 0.2) is 53.6 Å². The molecule has 8 heteroatoms. The summed E-state index contributed by atoms with van der Waals surface area (Å²) in [5, 5.41) is 17.2. The predicted octanol–water partition coefficient (Wildman–Crippen LogP) is 2.13. The Morgan fingerprint density at radius 1 is 1.12 bits per heavy atom. The van der Waals surface area contributed by atoms with E-state index in [2.05, 4.69) is 10.2 Å². The summed E-state index contributed by atoms with van der Waals surface area (Å²) in [6, 6.07) is 13.2. The molecule has 3 heterocycles. The van der Waals surface area contributed by atoms with Gasteiger partial charge in [0.2, 0.25) is 10.0 Å². The Balaban J connectivity index is 1.74. The number of hydrogen-bond acceptors (Lipinski definition) is 5. The number of pyridine rings is 1. The molecular formula is C17H15N5O2S. The molecule has 4 rings (SSSR count). The second kappa shape index (κ2) is 5.95. The summed E-state index contributed by atoms with van der Waals surface area (Å²) < 4.78 is 29.4. The number of benzene rings is 1. The van der Waals surface area contributed by atoms with E-state index in [1.807, 2.05) is 34.9 Å². The van der Waals surface area contributed by atoms with E-state index in [-0.39, 0.29) is 10.9 Å². The summed E-state index contributed by atoms with van der Waals surface area (Å²) in [6.07, 6.45) is 3.31. The van der Waals surface area contributed by atoms with E-state index in [9.17, 15) is 8.42 Å². The van der Waals surface area contributed by atoms with Crippen LogP contribution < -0.4 is 0 Å². The first-order valence-corrected chi connectivity index (χ1v) is 9.37. The van der Waals surface area contributed by atoms with Gasteiger partial charge in [0.1, 0.15) is 0 Å². The first kappa shape index (κ1) is 15.7. The van der Waals surface area contributed by atoms with Gasteiger partial charge in [-0.1, -0.05) is 6.07 Å². The fraction of sp³-hybridized carbons (Fsp3) is 0.235. The fourth-order valence-corrected chi connectivity index (χ4v) is 4.86. The van der Waals surface area contributed by atoms with Crippen LogP contribution in [0.5, 0.6) is 0 Å². The zero-order chi connectivity index (χ0) is 17.4. The molecule has 1 fully saturated rings. The molecule has 0 amide bonds. The highest BCUT2D eigenvalue weighted by Crippen LogP contribution is 2.35. The molecule has 0 saturated carbocycles. The van der Waals surface area contributed by atoms with E-state index in [4.69, 9.17) is 5.26 Å². The van der Waals surface area contributed by atoms with E-state index >= 15 is 0 Å². The van der Waals surface area contributed by atoms with Gasteiger partial charge in [0.15, 0.2) is 11.5 Å². The highest BCUT2D eigenvalue weighted by Gasteiger charge is 2.38. The second-order valence-electron chi connectivity index (χ2n) is 5.90.